The molecule has 0 aromatic carbocycles. The highest BCUT2D eigenvalue weighted by molar-refractivity contribution is 5.97. The van der Waals surface area contributed by atoms with Crippen molar-refractivity contribution in [3.8, 4) is 6.07 Å². The zero-order valence-electron chi connectivity index (χ0n) is 16.1. The van der Waals surface area contributed by atoms with Crippen molar-refractivity contribution in [2.24, 2.45) is 0 Å². The molecular weight excluding hydrogens is 358 g/mol. The minimum atomic E-state index is -0.936. The summed E-state index contributed by atoms with van der Waals surface area (Å²) in [4.78, 5) is 27.3. The maximum absolute atomic E-state index is 12.9. The van der Waals surface area contributed by atoms with Crippen molar-refractivity contribution in [3.05, 3.63) is 40.2 Å². The number of rotatable bonds is 3. The maximum atomic E-state index is 12.9. The molecule has 2 aliphatic heterocycles. The van der Waals surface area contributed by atoms with Gasteiger partial charge in [-0.15, -0.1) is 0 Å². The monoisotopic (exact) mass is 383 g/mol. The Morgan fingerprint density at radius 1 is 1.36 bits per heavy atom. The van der Waals surface area contributed by atoms with Crippen LogP contribution < -0.4 is 0 Å². The lowest BCUT2D eigenvalue weighted by Gasteiger charge is -2.33. The van der Waals surface area contributed by atoms with Gasteiger partial charge in [-0.3, -0.25) is 4.79 Å². The third-order valence-electron chi connectivity index (χ3n) is 5.46. The van der Waals surface area contributed by atoms with E-state index in [0.29, 0.717) is 45.7 Å². The molecule has 7 heteroatoms. The Morgan fingerprint density at radius 3 is 2.75 bits per heavy atom. The number of carbonyl (C=O) groups excluding carboxylic acids is 1. The van der Waals surface area contributed by atoms with Gasteiger partial charge < -0.3 is 19.6 Å². The molecule has 1 aliphatic carbocycles. The summed E-state index contributed by atoms with van der Waals surface area (Å²) in [6.45, 7) is 4.51. The molecule has 0 atom stereocenters. The van der Waals surface area contributed by atoms with E-state index < -0.39 is 6.09 Å². The summed E-state index contributed by atoms with van der Waals surface area (Å²) in [7, 11) is 0. The number of nitriles is 1. The van der Waals surface area contributed by atoms with Crippen LogP contribution >= 0.6 is 0 Å². The Kier molecular flexibility index (Phi) is 6.35. The van der Waals surface area contributed by atoms with Crippen molar-refractivity contribution in [2.45, 2.75) is 38.6 Å². The third kappa shape index (κ3) is 4.36. The molecule has 0 spiro atoms. The van der Waals surface area contributed by atoms with Gasteiger partial charge in [-0.25, -0.2) is 4.79 Å². The minimum Gasteiger partial charge on any atom is -0.465 e. The molecule has 28 heavy (non-hydrogen) atoms. The predicted octanol–water partition coefficient (Wildman–Crippen LogP) is 2.63. The number of hydrogen-bond donors (Lipinski definition) is 1. The molecule has 2 heterocycles. The van der Waals surface area contributed by atoms with Crippen molar-refractivity contribution >= 4 is 12.0 Å². The summed E-state index contributed by atoms with van der Waals surface area (Å²) < 4.78 is 5.37. The summed E-state index contributed by atoms with van der Waals surface area (Å²) in [5, 5.41) is 18.8. The van der Waals surface area contributed by atoms with Gasteiger partial charge in [-0.2, -0.15) is 5.26 Å². The molecule has 0 unspecified atom stereocenters. The van der Waals surface area contributed by atoms with E-state index >= 15 is 0 Å². The van der Waals surface area contributed by atoms with Crippen LogP contribution in [0.4, 0.5) is 4.79 Å². The SMILES string of the molecule is CCN(C(=O)C(=C=C1C=C2CN(C(=O)O)CCC2=CC1)C#N)C1CCOCC1. The average molecular weight is 383 g/mol. The number of nitrogens with zero attached hydrogens (tertiary/aromatic N) is 3. The van der Waals surface area contributed by atoms with E-state index in [0.717, 1.165) is 29.6 Å². The normalized spacial score (nSPS) is 19.6. The fourth-order valence-corrected chi connectivity index (χ4v) is 3.92. The molecule has 0 aromatic rings. The second kappa shape index (κ2) is 8.92. The number of carbonyl (C=O) groups is 2. The van der Waals surface area contributed by atoms with Gasteiger partial charge in [0.2, 0.25) is 0 Å². The Balaban J connectivity index is 1.85. The van der Waals surface area contributed by atoms with Crippen molar-refractivity contribution in [1.82, 2.24) is 9.80 Å². The highest BCUT2D eigenvalue weighted by Gasteiger charge is 2.27. The zero-order valence-corrected chi connectivity index (χ0v) is 16.1. The number of fused-ring (bicyclic) bond motifs is 1. The molecule has 2 amide bonds. The summed E-state index contributed by atoms with van der Waals surface area (Å²) in [6, 6.07) is 2.09. The Hall–Kier alpha value is -2.81. The topological polar surface area (TPSA) is 93.9 Å². The van der Waals surface area contributed by atoms with Crippen LogP contribution in [0.2, 0.25) is 0 Å². The zero-order chi connectivity index (χ0) is 20.1. The standard InChI is InChI=1S/C21H25N3O4/c1-2-24(19-6-9-28-10-7-19)20(25)17(13-22)11-15-3-4-16-5-8-23(21(26)27)14-18(16)12-15/h4,12,19H,2-3,5-10,14H2,1H3,(H,26,27). The Bertz CT molecular complexity index is 821. The van der Waals surface area contributed by atoms with Crippen LogP contribution in [0.15, 0.2) is 40.2 Å². The van der Waals surface area contributed by atoms with E-state index in [9.17, 15) is 20.0 Å². The van der Waals surface area contributed by atoms with Crippen LogP contribution in [0.3, 0.4) is 0 Å². The number of piperidine rings is 1. The van der Waals surface area contributed by atoms with Gasteiger partial charge in [0.05, 0.1) is 0 Å². The first kappa shape index (κ1) is 19.9. The van der Waals surface area contributed by atoms with E-state index in [4.69, 9.17) is 4.74 Å². The van der Waals surface area contributed by atoms with Crippen LogP contribution in [0.1, 0.15) is 32.6 Å². The molecule has 148 valence electrons. The number of ether oxygens (including phenoxy) is 1. The first-order valence-corrected chi connectivity index (χ1v) is 9.70. The third-order valence-corrected chi connectivity index (χ3v) is 5.46. The van der Waals surface area contributed by atoms with Crippen LogP contribution in [-0.2, 0) is 9.53 Å². The average Bonchev–Trinajstić information content (AvgIpc) is 2.72. The van der Waals surface area contributed by atoms with Gasteiger partial charge in [0.25, 0.3) is 5.91 Å². The molecule has 2 fully saturated rings. The van der Waals surface area contributed by atoms with Gasteiger partial charge in [-0.05, 0) is 55.4 Å². The van der Waals surface area contributed by atoms with Crippen LogP contribution in [0.25, 0.3) is 0 Å². The number of hydrogen-bond acceptors (Lipinski definition) is 4. The summed E-state index contributed by atoms with van der Waals surface area (Å²) in [5.74, 6) is -0.298. The van der Waals surface area contributed by atoms with E-state index in [2.05, 4.69) is 5.73 Å². The maximum Gasteiger partial charge on any atom is 0.407 e. The van der Waals surface area contributed by atoms with E-state index in [1.54, 1.807) is 4.90 Å². The molecule has 7 nitrogen and oxygen atoms in total. The lowest BCUT2D eigenvalue weighted by molar-refractivity contribution is -0.130. The highest BCUT2D eigenvalue weighted by atomic mass is 16.5. The van der Waals surface area contributed by atoms with Gasteiger partial charge in [0.15, 0.2) is 5.57 Å². The fraction of sp³-hybridized carbons (Fsp3) is 0.524. The van der Waals surface area contributed by atoms with Gasteiger partial charge in [-0.1, -0.05) is 11.8 Å². The summed E-state index contributed by atoms with van der Waals surface area (Å²) >= 11 is 0. The highest BCUT2D eigenvalue weighted by Crippen LogP contribution is 2.29. The van der Waals surface area contributed by atoms with Gasteiger partial charge in [0, 0.05) is 38.9 Å². The lowest BCUT2D eigenvalue weighted by Crippen LogP contribution is -2.43. The lowest BCUT2D eigenvalue weighted by atomic mass is 9.89. The smallest absolute Gasteiger partial charge is 0.407 e. The summed E-state index contributed by atoms with van der Waals surface area (Å²) in [6.07, 6.45) is 5.81. The molecular formula is C21H25N3O4. The molecule has 0 saturated carbocycles. The van der Waals surface area contributed by atoms with E-state index in [-0.39, 0.29) is 17.5 Å². The van der Waals surface area contributed by atoms with Gasteiger partial charge in [0.1, 0.15) is 6.07 Å². The first-order valence-electron chi connectivity index (χ1n) is 9.70. The number of likely N-dealkylation sites (tertiary alicyclic amines) is 1. The van der Waals surface area contributed by atoms with Crippen molar-refractivity contribution in [2.75, 3.05) is 32.8 Å². The van der Waals surface area contributed by atoms with E-state index in [1.807, 2.05) is 25.1 Å². The fourth-order valence-electron chi connectivity index (χ4n) is 3.92. The number of likely N-dealkylation sites (N-methyl/N-ethyl adjacent to an activating group) is 1. The van der Waals surface area contributed by atoms with Crippen LogP contribution in [0.5, 0.6) is 0 Å². The largest absolute Gasteiger partial charge is 0.465 e. The quantitative estimate of drug-likeness (QED) is 0.459. The first-order chi connectivity index (χ1) is 13.5. The molecule has 0 bridgehead atoms. The molecule has 3 aliphatic rings. The molecule has 1 N–H and O–H groups in total. The van der Waals surface area contributed by atoms with Crippen molar-refractivity contribution in [1.29, 1.82) is 5.26 Å². The summed E-state index contributed by atoms with van der Waals surface area (Å²) in [5.41, 5.74) is 5.80. The minimum absolute atomic E-state index is 0.00272. The second-order valence-corrected chi connectivity index (χ2v) is 7.13. The van der Waals surface area contributed by atoms with Gasteiger partial charge >= 0.3 is 6.09 Å². The molecule has 0 aromatic heterocycles. The molecule has 3 rings (SSSR count). The van der Waals surface area contributed by atoms with Crippen molar-refractivity contribution in [3.63, 3.8) is 0 Å². The number of amides is 2. The number of allylic oxidation sites excluding steroid dienone is 2. The molecule has 0 radical (unpaired) electrons. The van der Waals surface area contributed by atoms with Crippen LogP contribution in [-0.4, -0.2) is 65.8 Å². The molecule has 2 saturated heterocycles. The van der Waals surface area contributed by atoms with Crippen molar-refractivity contribution < 1.29 is 19.4 Å². The predicted molar refractivity (Wildman–Crippen MR) is 102 cm³/mol. The van der Waals surface area contributed by atoms with Crippen LogP contribution in [0, 0.1) is 11.3 Å². The second-order valence-electron chi connectivity index (χ2n) is 7.13. The number of carboxylic acid groups (broad SMARTS) is 1. The van der Waals surface area contributed by atoms with E-state index in [1.165, 1.54) is 4.90 Å². The Morgan fingerprint density at radius 2 is 2.11 bits per heavy atom. The Labute approximate surface area is 164 Å².